The SMILES string of the molecule is N#Cc1cccc(C(=O)NC23CCCC(NC(=O)c4cnccn4)(CC2)C3)c1. The Morgan fingerprint density at radius 2 is 1.79 bits per heavy atom. The fraction of sp³-hybridized carbons (Fsp3) is 0.381. The monoisotopic (exact) mass is 375 g/mol. The normalized spacial score (nSPS) is 25.5. The van der Waals surface area contributed by atoms with E-state index in [1.54, 1.807) is 24.3 Å². The highest BCUT2D eigenvalue weighted by Crippen LogP contribution is 2.48. The minimum atomic E-state index is -0.326. The standard InChI is InChI=1S/C21H21N5O2/c22-12-15-3-1-4-16(11-15)18(27)25-20-5-2-6-21(14-20,8-7-20)26-19(28)17-13-23-9-10-24-17/h1,3-4,9-11,13H,2,5-8,14H2,(H,25,27)(H,26,28). The lowest BCUT2D eigenvalue weighted by molar-refractivity contribution is 0.0829. The Hall–Kier alpha value is -3.27. The van der Waals surface area contributed by atoms with Crippen molar-refractivity contribution >= 4 is 11.8 Å². The van der Waals surface area contributed by atoms with Crippen LogP contribution in [-0.4, -0.2) is 32.9 Å². The number of benzene rings is 1. The molecular weight excluding hydrogens is 354 g/mol. The van der Waals surface area contributed by atoms with Gasteiger partial charge in [0, 0.05) is 29.0 Å². The van der Waals surface area contributed by atoms with Crippen LogP contribution in [-0.2, 0) is 0 Å². The zero-order valence-electron chi connectivity index (χ0n) is 15.4. The fourth-order valence-corrected chi connectivity index (χ4v) is 4.60. The predicted octanol–water partition coefficient (Wildman–Crippen LogP) is 2.35. The van der Waals surface area contributed by atoms with Gasteiger partial charge in [0.1, 0.15) is 5.69 Å². The highest BCUT2D eigenvalue weighted by molar-refractivity contribution is 5.95. The van der Waals surface area contributed by atoms with Crippen molar-refractivity contribution in [2.45, 2.75) is 49.6 Å². The number of nitrogens with zero attached hydrogens (tertiary/aromatic N) is 3. The van der Waals surface area contributed by atoms with Crippen LogP contribution >= 0.6 is 0 Å². The first-order valence-electron chi connectivity index (χ1n) is 9.44. The molecule has 2 N–H and O–H groups in total. The summed E-state index contributed by atoms with van der Waals surface area (Å²) in [6.07, 6.45) is 9.54. The molecular formula is C21H21N5O2. The number of rotatable bonds is 4. The topological polar surface area (TPSA) is 108 Å². The second-order valence-corrected chi connectivity index (χ2v) is 7.78. The molecule has 2 aliphatic carbocycles. The van der Waals surface area contributed by atoms with E-state index in [1.807, 2.05) is 0 Å². The molecule has 7 heteroatoms. The summed E-state index contributed by atoms with van der Waals surface area (Å²) in [5, 5.41) is 15.4. The molecule has 1 aromatic heterocycles. The molecule has 2 unspecified atom stereocenters. The van der Waals surface area contributed by atoms with E-state index in [2.05, 4.69) is 26.7 Å². The summed E-state index contributed by atoms with van der Waals surface area (Å²) in [5.41, 5.74) is 0.602. The summed E-state index contributed by atoms with van der Waals surface area (Å²) in [5.74, 6) is -0.395. The molecule has 0 radical (unpaired) electrons. The van der Waals surface area contributed by atoms with Gasteiger partial charge < -0.3 is 10.6 Å². The number of carbonyl (C=O) groups excluding carboxylic acids is 2. The number of hydrogen-bond donors (Lipinski definition) is 2. The predicted molar refractivity (Wildman–Crippen MR) is 101 cm³/mol. The van der Waals surface area contributed by atoms with E-state index >= 15 is 0 Å². The molecule has 0 aliphatic heterocycles. The van der Waals surface area contributed by atoms with Crippen molar-refractivity contribution < 1.29 is 9.59 Å². The third-order valence-electron chi connectivity index (χ3n) is 5.88. The average molecular weight is 375 g/mol. The van der Waals surface area contributed by atoms with Crippen molar-refractivity contribution in [2.75, 3.05) is 0 Å². The van der Waals surface area contributed by atoms with Crippen molar-refractivity contribution in [1.82, 2.24) is 20.6 Å². The van der Waals surface area contributed by atoms with E-state index in [0.717, 1.165) is 32.1 Å². The second-order valence-electron chi connectivity index (χ2n) is 7.78. The van der Waals surface area contributed by atoms with Crippen LogP contribution in [0.3, 0.4) is 0 Å². The van der Waals surface area contributed by atoms with Gasteiger partial charge in [0.15, 0.2) is 0 Å². The summed E-state index contributed by atoms with van der Waals surface area (Å²) < 4.78 is 0. The molecule has 2 atom stereocenters. The third kappa shape index (κ3) is 3.46. The van der Waals surface area contributed by atoms with E-state index in [0.29, 0.717) is 23.2 Å². The molecule has 4 rings (SSSR count). The summed E-state index contributed by atoms with van der Waals surface area (Å²) in [6, 6.07) is 8.78. The van der Waals surface area contributed by atoms with Gasteiger partial charge in [-0.2, -0.15) is 5.26 Å². The zero-order chi connectivity index (χ0) is 19.6. The van der Waals surface area contributed by atoms with Crippen LogP contribution in [0.1, 0.15) is 64.9 Å². The van der Waals surface area contributed by atoms with Crippen molar-refractivity contribution in [3.05, 3.63) is 59.7 Å². The highest BCUT2D eigenvalue weighted by Gasteiger charge is 2.52. The van der Waals surface area contributed by atoms with Crippen molar-refractivity contribution in [1.29, 1.82) is 5.26 Å². The third-order valence-corrected chi connectivity index (χ3v) is 5.88. The van der Waals surface area contributed by atoms with Crippen LogP contribution < -0.4 is 10.6 Å². The Labute approximate surface area is 163 Å². The number of nitriles is 1. The summed E-state index contributed by atoms with van der Waals surface area (Å²) in [7, 11) is 0. The van der Waals surface area contributed by atoms with Gasteiger partial charge in [-0.05, 0) is 56.7 Å². The van der Waals surface area contributed by atoms with Gasteiger partial charge in [-0.1, -0.05) is 6.07 Å². The van der Waals surface area contributed by atoms with E-state index in [4.69, 9.17) is 5.26 Å². The second kappa shape index (κ2) is 7.04. The maximum absolute atomic E-state index is 12.8. The molecule has 28 heavy (non-hydrogen) atoms. The Bertz CT molecular complexity index is 955. The minimum absolute atomic E-state index is 0.171. The highest BCUT2D eigenvalue weighted by atomic mass is 16.2. The Balaban J connectivity index is 1.48. The zero-order valence-corrected chi connectivity index (χ0v) is 15.4. The Morgan fingerprint density at radius 1 is 1.04 bits per heavy atom. The molecule has 2 aliphatic rings. The van der Waals surface area contributed by atoms with Crippen LogP contribution in [0.4, 0.5) is 0 Å². The maximum Gasteiger partial charge on any atom is 0.271 e. The number of amides is 2. The van der Waals surface area contributed by atoms with Gasteiger partial charge in [-0.3, -0.25) is 14.6 Å². The Morgan fingerprint density at radius 3 is 2.46 bits per heavy atom. The lowest BCUT2D eigenvalue weighted by Crippen LogP contribution is -2.55. The van der Waals surface area contributed by atoms with Crippen LogP contribution in [0.25, 0.3) is 0 Å². The Kier molecular flexibility index (Phi) is 4.55. The van der Waals surface area contributed by atoms with E-state index in [-0.39, 0.29) is 22.9 Å². The first kappa shape index (κ1) is 18.1. The average Bonchev–Trinajstić information content (AvgIpc) is 2.98. The molecule has 142 valence electrons. The van der Waals surface area contributed by atoms with Crippen LogP contribution in [0.2, 0.25) is 0 Å². The molecule has 0 saturated heterocycles. The van der Waals surface area contributed by atoms with E-state index in [9.17, 15) is 9.59 Å². The van der Waals surface area contributed by atoms with Gasteiger partial charge in [0.25, 0.3) is 11.8 Å². The van der Waals surface area contributed by atoms with E-state index in [1.165, 1.54) is 18.6 Å². The summed E-state index contributed by atoms with van der Waals surface area (Å²) in [4.78, 5) is 33.4. The molecule has 0 spiro atoms. The first-order valence-corrected chi connectivity index (χ1v) is 9.44. The maximum atomic E-state index is 12.8. The molecule has 2 aromatic rings. The number of hydrogen-bond acceptors (Lipinski definition) is 5. The van der Waals surface area contributed by atoms with Gasteiger partial charge >= 0.3 is 0 Å². The fourth-order valence-electron chi connectivity index (χ4n) is 4.60. The molecule has 1 aromatic carbocycles. The molecule has 2 saturated carbocycles. The first-order chi connectivity index (χ1) is 13.5. The molecule has 1 heterocycles. The smallest absolute Gasteiger partial charge is 0.271 e. The van der Waals surface area contributed by atoms with Crippen LogP contribution in [0, 0.1) is 11.3 Å². The number of carbonyl (C=O) groups is 2. The molecule has 2 amide bonds. The van der Waals surface area contributed by atoms with Gasteiger partial charge in [-0.25, -0.2) is 4.98 Å². The van der Waals surface area contributed by atoms with Crippen LogP contribution in [0.5, 0.6) is 0 Å². The van der Waals surface area contributed by atoms with Gasteiger partial charge in [0.2, 0.25) is 0 Å². The summed E-state index contributed by atoms with van der Waals surface area (Å²) >= 11 is 0. The molecule has 2 fully saturated rings. The molecule has 2 bridgehead atoms. The van der Waals surface area contributed by atoms with Crippen molar-refractivity contribution in [3.63, 3.8) is 0 Å². The quantitative estimate of drug-likeness (QED) is 0.853. The molecule has 7 nitrogen and oxygen atoms in total. The van der Waals surface area contributed by atoms with Gasteiger partial charge in [-0.15, -0.1) is 0 Å². The largest absolute Gasteiger partial charge is 0.347 e. The van der Waals surface area contributed by atoms with Crippen molar-refractivity contribution in [3.8, 4) is 6.07 Å². The summed E-state index contributed by atoms with van der Waals surface area (Å²) in [6.45, 7) is 0. The minimum Gasteiger partial charge on any atom is -0.347 e. The number of aromatic nitrogens is 2. The lowest BCUT2D eigenvalue weighted by Gasteiger charge is -2.40. The van der Waals surface area contributed by atoms with Crippen molar-refractivity contribution in [2.24, 2.45) is 0 Å². The lowest BCUT2D eigenvalue weighted by atomic mass is 9.78. The van der Waals surface area contributed by atoms with Crippen LogP contribution in [0.15, 0.2) is 42.9 Å². The number of fused-ring (bicyclic) bond motifs is 2. The van der Waals surface area contributed by atoms with Gasteiger partial charge in [0.05, 0.1) is 17.8 Å². The number of nitrogens with one attached hydrogen (secondary N) is 2. The van der Waals surface area contributed by atoms with E-state index < -0.39 is 0 Å².